The van der Waals surface area contributed by atoms with Gasteiger partial charge in [-0.1, -0.05) is 0 Å². The van der Waals surface area contributed by atoms with E-state index in [2.05, 4.69) is 34.6 Å². The summed E-state index contributed by atoms with van der Waals surface area (Å²) in [6, 6.07) is 0.712. The number of likely N-dealkylation sites (N-methyl/N-ethyl adjacent to an activating group) is 1. The molecular formula is C15H27N5O2. The van der Waals surface area contributed by atoms with E-state index in [1.165, 1.54) is 12.8 Å². The third kappa shape index (κ3) is 4.45. The molecule has 7 nitrogen and oxygen atoms in total. The van der Waals surface area contributed by atoms with E-state index in [4.69, 9.17) is 0 Å². The maximum Gasteiger partial charge on any atom is 0.314 e. The number of urea groups is 1. The van der Waals surface area contributed by atoms with Crippen molar-refractivity contribution in [1.29, 1.82) is 0 Å². The average molecular weight is 309 g/mol. The predicted molar refractivity (Wildman–Crippen MR) is 84.4 cm³/mol. The zero-order valence-electron chi connectivity index (χ0n) is 13.8. The van der Waals surface area contributed by atoms with Gasteiger partial charge in [-0.15, -0.1) is 0 Å². The van der Waals surface area contributed by atoms with Crippen molar-refractivity contribution in [2.75, 3.05) is 20.1 Å². The van der Waals surface area contributed by atoms with Crippen LogP contribution in [0.15, 0.2) is 12.4 Å². The minimum absolute atomic E-state index is 0.136. The lowest BCUT2D eigenvalue weighted by molar-refractivity contribution is 0.0592. The van der Waals surface area contributed by atoms with Crippen LogP contribution in [0.5, 0.6) is 0 Å². The number of aryl methyl sites for hydroxylation is 1. The lowest BCUT2D eigenvalue weighted by Crippen LogP contribution is -2.47. The van der Waals surface area contributed by atoms with Crippen molar-refractivity contribution in [1.82, 2.24) is 25.3 Å². The number of nitrogens with zero attached hydrogens (tertiary/aromatic N) is 3. The highest BCUT2D eigenvalue weighted by Gasteiger charge is 2.29. The summed E-state index contributed by atoms with van der Waals surface area (Å²) in [4.78, 5) is 14.2. The second kappa shape index (κ2) is 6.66. The molecule has 1 fully saturated rings. The maximum absolute atomic E-state index is 11.9. The number of rotatable bonds is 7. The first kappa shape index (κ1) is 16.8. The van der Waals surface area contributed by atoms with E-state index < -0.39 is 5.60 Å². The first-order valence-corrected chi connectivity index (χ1v) is 7.75. The van der Waals surface area contributed by atoms with Gasteiger partial charge in [-0.3, -0.25) is 9.58 Å². The molecule has 2 unspecified atom stereocenters. The van der Waals surface area contributed by atoms with Gasteiger partial charge in [0.25, 0.3) is 0 Å². The molecule has 0 radical (unpaired) electrons. The number of carbonyl (C=O) groups excluding carboxylic acids is 1. The SMILES string of the molecule is CC(CNC(=O)NCC(C)(O)c1cnn(C)c1)N(C)C1CC1. The fraction of sp³-hybridized carbons (Fsp3) is 0.733. The van der Waals surface area contributed by atoms with Crippen molar-refractivity contribution < 1.29 is 9.90 Å². The highest BCUT2D eigenvalue weighted by atomic mass is 16.3. The molecule has 0 bridgehead atoms. The van der Waals surface area contributed by atoms with Crippen LogP contribution >= 0.6 is 0 Å². The van der Waals surface area contributed by atoms with Crippen LogP contribution in [0.4, 0.5) is 4.79 Å². The molecule has 124 valence electrons. The van der Waals surface area contributed by atoms with Gasteiger partial charge in [0.15, 0.2) is 0 Å². The normalized spacial score (nSPS) is 18.8. The molecule has 3 N–H and O–H groups in total. The summed E-state index contributed by atoms with van der Waals surface area (Å²) in [7, 11) is 3.88. The highest BCUT2D eigenvalue weighted by Crippen LogP contribution is 2.26. The quantitative estimate of drug-likeness (QED) is 0.681. The van der Waals surface area contributed by atoms with Crippen LogP contribution in [0.3, 0.4) is 0 Å². The number of amides is 2. The van der Waals surface area contributed by atoms with Gasteiger partial charge >= 0.3 is 6.03 Å². The summed E-state index contributed by atoms with van der Waals surface area (Å²) in [6.07, 6.45) is 5.85. The molecule has 0 aromatic carbocycles. The van der Waals surface area contributed by atoms with Crippen molar-refractivity contribution in [3.05, 3.63) is 18.0 Å². The largest absolute Gasteiger partial charge is 0.383 e. The van der Waals surface area contributed by atoms with Gasteiger partial charge in [0.2, 0.25) is 0 Å². The zero-order chi connectivity index (χ0) is 16.3. The van der Waals surface area contributed by atoms with E-state index in [-0.39, 0.29) is 12.6 Å². The minimum atomic E-state index is -1.14. The first-order valence-electron chi connectivity index (χ1n) is 7.75. The second-order valence-corrected chi connectivity index (χ2v) is 6.49. The van der Waals surface area contributed by atoms with Crippen LogP contribution < -0.4 is 10.6 Å². The third-order valence-corrected chi connectivity index (χ3v) is 4.30. The number of nitrogens with one attached hydrogen (secondary N) is 2. The van der Waals surface area contributed by atoms with Gasteiger partial charge in [0.1, 0.15) is 5.60 Å². The molecule has 0 aliphatic heterocycles. The van der Waals surface area contributed by atoms with Crippen LogP contribution in [0.25, 0.3) is 0 Å². The molecule has 2 amide bonds. The Kier molecular flexibility index (Phi) is 5.08. The van der Waals surface area contributed by atoms with Gasteiger partial charge in [-0.25, -0.2) is 4.79 Å². The smallest absolute Gasteiger partial charge is 0.314 e. The Morgan fingerprint density at radius 3 is 2.82 bits per heavy atom. The molecule has 2 atom stereocenters. The van der Waals surface area contributed by atoms with Crippen LogP contribution in [0, 0.1) is 0 Å². The second-order valence-electron chi connectivity index (χ2n) is 6.49. The molecule has 1 aromatic heterocycles. The number of aliphatic hydroxyl groups is 1. The Morgan fingerprint density at radius 1 is 1.59 bits per heavy atom. The van der Waals surface area contributed by atoms with Crippen molar-refractivity contribution in [2.24, 2.45) is 7.05 Å². The maximum atomic E-state index is 11.9. The number of hydrogen-bond acceptors (Lipinski definition) is 4. The lowest BCUT2D eigenvalue weighted by atomic mass is 10.00. The molecule has 1 heterocycles. The zero-order valence-corrected chi connectivity index (χ0v) is 13.8. The Morgan fingerprint density at radius 2 is 2.27 bits per heavy atom. The van der Waals surface area contributed by atoms with Gasteiger partial charge < -0.3 is 15.7 Å². The summed E-state index contributed by atoms with van der Waals surface area (Å²) >= 11 is 0. The molecule has 7 heteroatoms. The van der Waals surface area contributed by atoms with E-state index in [9.17, 15) is 9.90 Å². The van der Waals surface area contributed by atoms with Crippen LogP contribution in [0.1, 0.15) is 32.3 Å². The summed E-state index contributed by atoms with van der Waals surface area (Å²) < 4.78 is 1.62. The summed E-state index contributed by atoms with van der Waals surface area (Å²) in [6.45, 7) is 4.49. The molecule has 1 aliphatic carbocycles. The number of aromatic nitrogens is 2. The van der Waals surface area contributed by atoms with E-state index in [1.807, 2.05) is 0 Å². The van der Waals surface area contributed by atoms with Gasteiger partial charge in [-0.2, -0.15) is 5.10 Å². The van der Waals surface area contributed by atoms with Gasteiger partial charge in [0, 0.05) is 37.4 Å². The van der Waals surface area contributed by atoms with E-state index >= 15 is 0 Å². The molecule has 0 saturated heterocycles. The highest BCUT2D eigenvalue weighted by molar-refractivity contribution is 5.73. The van der Waals surface area contributed by atoms with Crippen molar-refractivity contribution in [3.8, 4) is 0 Å². The van der Waals surface area contributed by atoms with Gasteiger partial charge in [-0.05, 0) is 33.7 Å². The number of carbonyl (C=O) groups is 1. The molecular weight excluding hydrogens is 282 g/mol. The van der Waals surface area contributed by atoms with Gasteiger partial charge in [0.05, 0.1) is 12.7 Å². The van der Waals surface area contributed by atoms with Crippen molar-refractivity contribution in [2.45, 2.75) is 44.4 Å². The summed E-state index contributed by atoms with van der Waals surface area (Å²) in [5.74, 6) is 0. The first-order chi connectivity index (χ1) is 10.3. The monoisotopic (exact) mass is 309 g/mol. The minimum Gasteiger partial charge on any atom is -0.383 e. The third-order valence-electron chi connectivity index (χ3n) is 4.30. The molecule has 1 saturated carbocycles. The van der Waals surface area contributed by atoms with Crippen molar-refractivity contribution in [3.63, 3.8) is 0 Å². The van der Waals surface area contributed by atoms with Crippen LogP contribution in [0.2, 0.25) is 0 Å². The standard InChI is InChI=1S/C15H27N5O2/c1-11(20(4)13-5-6-13)7-16-14(21)17-10-15(2,22)12-8-18-19(3)9-12/h8-9,11,13,22H,5-7,10H2,1-4H3,(H2,16,17,21). The average Bonchev–Trinajstić information content (AvgIpc) is 3.23. The fourth-order valence-electron chi connectivity index (χ4n) is 2.34. The molecule has 1 aromatic rings. The molecule has 1 aliphatic rings. The predicted octanol–water partition coefficient (Wildman–Crippen LogP) is 0.410. The Hall–Kier alpha value is -1.60. The fourth-order valence-corrected chi connectivity index (χ4v) is 2.34. The van der Waals surface area contributed by atoms with Crippen LogP contribution in [-0.2, 0) is 12.6 Å². The van der Waals surface area contributed by atoms with E-state index in [0.717, 1.165) is 0 Å². The summed E-state index contributed by atoms with van der Waals surface area (Å²) in [5.41, 5.74) is -0.459. The lowest BCUT2D eigenvalue weighted by Gasteiger charge is -2.25. The van der Waals surface area contributed by atoms with Crippen LogP contribution in [-0.4, -0.2) is 58.0 Å². The van der Waals surface area contributed by atoms with E-state index in [1.54, 1.807) is 31.0 Å². The molecule has 22 heavy (non-hydrogen) atoms. The Balaban J connectivity index is 1.72. The summed E-state index contributed by atoms with van der Waals surface area (Å²) in [5, 5.41) is 20.0. The molecule has 0 spiro atoms. The van der Waals surface area contributed by atoms with E-state index in [0.29, 0.717) is 24.2 Å². The van der Waals surface area contributed by atoms with Crippen molar-refractivity contribution >= 4 is 6.03 Å². The topological polar surface area (TPSA) is 82.4 Å². The Labute approximate surface area is 131 Å². The number of hydrogen-bond donors (Lipinski definition) is 3. The molecule has 2 rings (SSSR count). The Bertz CT molecular complexity index is 510.